The molecular weight excluding hydrogens is 286 g/mol. The minimum absolute atomic E-state index is 0.0810. The summed E-state index contributed by atoms with van der Waals surface area (Å²) >= 11 is 1.66. The summed E-state index contributed by atoms with van der Waals surface area (Å²) in [7, 11) is 1.68. The number of thiophene rings is 1. The van der Waals surface area contributed by atoms with E-state index in [4.69, 9.17) is 0 Å². The van der Waals surface area contributed by atoms with Crippen LogP contribution >= 0.6 is 11.3 Å². The van der Waals surface area contributed by atoms with Crippen molar-refractivity contribution < 1.29 is 4.79 Å². The van der Waals surface area contributed by atoms with E-state index in [9.17, 15) is 4.79 Å². The zero-order valence-corrected chi connectivity index (χ0v) is 12.8. The first-order valence-electron chi connectivity index (χ1n) is 7.14. The van der Waals surface area contributed by atoms with E-state index in [1.54, 1.807) is 24.7 Å². The van der Waals surface area contributed by atoms with E-state index >= 15 is 0 Å². The van der Waals surface area contributed by atoms with Crippen LogP contribution in [-0.4, -0.2) is 53.5 Å². The maximum atomic E-state index is 11.4. The predicted octanol–water partition coefficient (Wildman–Crippen LogP) is 1.31. The molecule has 2 aromatic heterocycles. The van der Waals surface area contributed by atoms with Crippen molar-refractivity contribution in [1.29, 1.82) is 0 Å². The van der Waals surface area contributed by atoms with Gasteiger partial charge in [-0.1, -0.05) is 0 Å². The van der Waals surface area contributed by atoms with Crippen molar-refractivity contribution in [3.63, 3.8) is 0 Å². The van der Waals surface area contributed by atoms with Gasteiger partial charge in [0.25, 0.3) is 0 Å². The summed E-state index contributed by atoms with van der Waals surface area (Å²) in [5, 5.41) is 8.24. The van der Waals surface area contributed by atoms with Crippen LogP contribution < -0.4 is 10.6 Å². The third-order valence-corrected chi connectivity index (χ3v) is 4.73. The van der Waals surface area contributed by atoms with E-state index in [2.05, 4.69) is 25.5 Å². The number of amides is 1. The number of carbonyl (C=O) groups excluding carboxylic acids is 1. The smallest absolute Gasteiger partial charge is 0.233 e. The number of hydrogen-bond donors (Lipinski definition) is 2. The normalized spacial score (nSPS) is 17.0. The van der Waals surface area contributed by atoms with Crippen LogP contribution in [0.15, 0.2) is 17.8 Å². The molecule has 0 spiro atoms. The Bertz CT molecular complexity index is 621. The van der Waals surface area contributed by atoms with Gasteiger partial charge in [0, 0.05) is 26.2 Å². The lowest BCUT2D eigenvalue weighted by Gasteiger charge is -2.32. The molecule has 0 aromatic carbocycles. The lowest BCUT2D eigenvalue weighted by atomic mass is 10.1. The molecule has 0 bridgehead atoms. The van der Waals surface area contributed by atoms with E-state index in [0.717, 1.165) is 42.0 Å². The molecule has 112 valence electrons. The standard InChI is InChI=1S/C14H19N5OS/c1-15-12(20)8-19-5-2-10(3-6-19)18-14-13-11(4-7-21-13)16-9-17-14/h4,7,9-10H,2-3,5-6,8H2,1H3,(H,15,20)(H,16,17,18). The van der Waals surface area contributed by atoms with Crippen molar-refractivity contribution in [2.45, 2.75) is 18.9 Å². The predicted molar refractivity (Wildman–Crippen MR) is 84.6 cm³/mol. The van der Waals surface area contributed by atoms with Crippen LogP contribution in [0.25, 0.3) is 10.2 Å². The summed E-state index contributed by atoms with van der Waals surface area (Å²) < 4.78 is 1.12. The van der Waals surface area contributed by atoms with Crippen molar-refractivity contribution in [2.75, 3.05) is 32.0 Å². The summed E-state index contributed by atoms with van der Waals surface area (Å²) in [5.41, 5.74) is 0.995. The molecule has 0 radical (unpaired) electrons. The van der Waals surface area contributed by atoms with Crippen molar-refractivity contribution in [2.24, 2.45) is 0 Å². The molecule has 0 unspecified atom stereocenters. The van der Waals surface area contributed by atoms with Crippen LogP contribution in [-0.2, 0) is 4.79 Å². The maximum absolute atomic E-state index is 11.4. The average molecular weight is 305 g/mol. The highest BCUT2D eigenvalue weighted by atomic mass is 32.1. The number of carbonyl (C=O) groups is 1. The van der Waals surface area contributed by atoms with E-state index in [1.165, 1.54) is 0 Å². The molecular formula is C14H19N5OS. The van der Waals surface area contributed by atoms with Gasteiger partial charge in [0.05, 0.1) is 16.8 Å². The number of nitrogens with zero attached hydrogens (tertiary/aromatic N) is 3. The minimum atomic E-state index is 0.0810. The number of likely N-dealkylation sites (N-methyl/N-ethyl adjacent to an activating group) is 1. The number of piperidine rings is 1. The number of rotatable bonds is 4. The Labute approximate surface area is 127 Å². The Morgan fingerprint density at radius 2 is 2.24 bits per heavy atom. The number of likely N-dealkylation sites (tertiary alicyclic amines) is 1. The fraction of sp³-hybridized carbons (Fsp3) is 0.500. The van der Waals surface area contributed by atoms with Gasteiger partial charge in [0.1, 0.15) is 12.1 Å². The van der Waals surface area contributed by atoms with Gasteiger partial charge >= 0.3 is 0 Å². The Morgan fingerprint density at radius 1 is 1.43 bits per heavy atom. The van der Waals surface area contributed by atoms with Crippen molar-refractivity contribution in [3.05, 3.63) is 17.8 Å². The van der Waals surface area contributed by atoms with Gasteiger partial charge in [-0.05, 0) is 24.3 Å². The van der Waals surface area contributed by atoms with Crippen LogP contribution in [0.3, 0.4) is 0 Å². The summed E-state index contributed by atoms with van der Waals surface area (Å²) in [4.78, 5) is 22.2. The quantitative estimate of drug-likeness (QED) is 0.891. The van der Waals surface area contributed by atoms with Gasteiger partial charge in [-0.3, -0.25) is 9.69 Å². The first-order valence-corrected chi connectivity index (χ1v) is 8.02. The first kappa shape index (κ1) is 14.2. The molecule has 0 saturated carbocycles. The Morgan fingerprint density at radius 3 is 3.00 bits per heavy atom. The lowest BCUT2D eigenvalue weighted by molar-refractivity contribution is -0.122. The molecule has 0 aliphatic carbocycles. The second kappa shape index (κ2) is 6.36. The minimum Gasteiger partial charge on any atom is -0.366 e. The maximum Gasteiger partial charge on any atom is 0.233 e. The second-order valence-electron chi connectivity index (χ2n) is 5.23. The summed E-state index contributed by atoms with van der Waals surface area (Å²) in [5.74, 6) is 1.01. The molecule has 1 saturated heterocycles. The van der Waals surface area contributed by atoms with E-state index < -0.39 is 0 Å². The average Bonchev–Trinajstić information content (AvgIpc) is 2.99. The van der Waals surface area contributed by atoms with E-state index in [-0.39, 0.29) is 5.91 Å². The Kier molecular flexibility index (Phi) is 4.31. The second-order valence-corrected chi connectivity index (χ2v) is 6.14. The van der Waals surface area contributed by atoms with Crippen molar-refractivity contribution in [3.8, 4) is 0 Å². The summed E-state index contributed by atoms with van der Waals surface area (Å²) in [6, 6.07) is 2.42. The topological polar surface area (TPSA) is 70.2 Å². The third kappa shape index (κ3) is 3.30. The molecule has 3 rings (SSSR count). The van der Waals surface area contributed by atoms with Crippen LogP contribution in [0, 0.1) is 0 Å². The van der Waals surface area contributed by atoms with Gasteiger partial charge in [0.2, 0.25) is 5.91 Å². The van der Waals surface area contributed by atoms with Crippen LogP contribution in [0.1, 0.15) is 12.8 Å². The van der Waals surface area contributed by atoms with Crippen molar-refractivity contribution in [1.82, 2.24) is 20.2 Å². The summed E-state index contributed by atoms with van der Waals surface area (Å²) in [6.07, 6.45) is 3.65. The highest BCUT2D eigenvalue weighted by molar-refractivity contribution is 7.17. The highest BCUT2D eigenvalue weighted by Crippen LogP contribution is 2.26. The highest BCUT2D eigenvalue weighted by Gasteiger charge is 2.21. The fourth-order valence-corrected chi connectivity index (χ4v) is 3.40. The molecule has 2 aromatic rings. The molecule has 1 aliphatic heterocycles. The van der Waals surface area contributed by atoms with Gasteiger partial charge in [-0.15, -0.1) is 11.3 Å². The number of anilines is 1. The molecule has 1 amide bonds. The molecule has 3 heterocycles. The number of hydrogen-bond acceptors (Lipinski definition) is 6. The Balaban J connectivity index is 1.58. The Hall–Kier alpha value is -1.73. The van der Waals surface area contributed by atoms with E-state index in [0.29, 0.717) is 12.6 Å². The molecule has 0 atom stereocenters. The molecule has 1 fully saturated rings. The monoisotopic (exact) mass is 305 g/mol. The van der Waals surface area contributed by atoms with Gasteiger partial charge in [0.15, 0.2) is 0 Å². The first-order chi connectivity index (χ1) is 10.3. The molecule has 6 nitrogen and oxygen atoms in total. The SMILES string of the molecule is CNC(=O)CN1CCC(Nc2ncnc3ccsc23)CC1. The number of nitrogens with one attached hydrogen (secondary N) is 2. The number of aromatic nitrogens is 2. The molecule has 1 aliphatic rings. The zero-order valence-electron chi connectivity index (χ0n) is 12.0. The molecule has 2 N–H and O–H groups in total. The largest absolute Gasteiger partial charge is 0.366 e. The third-order valence-electron chi connectivity index (χ3n) is 3.82. The molecule has 7 heteroatoms. The van der Waals surface area contributed by atoms with Crippen LogP contribution in [0.2, 0.25) is 0 Å². The van der Waals surface area contributed by atoms with Gasteiger partial charge in [-0.2, -0.15) is 0 Å². The summed E-state index contributed by atoms with van der Waals surface area (Å²) in [6.45, 7) is 2.36. The number of fused-ring (bicyclic) bond motifs is 1. The van der Waals surface area contributed by atoms with Gasteiger partial charge < -0.3 is 10.6 Å². The van der Waals surface area contributed by atoms with Gasteiger partial charge in [-0.25, -0.2) is 9.97 Å². The van der Waals surface area contributed by atoms with Crippen LogP contribution in [0.5, 0.6) is 0 Å². The van der Waals surface area contributed by atoms with E-state index in [1.807, 2.05) is 11.4 Å². The lowest BCUT2D eigenvalue weighted by Crippen LogP contribution is -2.43. The zero-order chi connectivity index (χ0) is 14.7. The molecule has 21 heavy (non-hydrogen) atoms. The fourth-order valence-electron chi connectivity index (χ4n) is 2.60. The van der Waals surface area contributed by atoms with Crippen LogP contribution in [0.4, 0.5) is 5.82 Å². The van der Waals surface area contributed by atoms with Crippen molar-refractivity contribution >= 4 is 33.3 Å².